The summed E-state index contributed by atoms with van der Waals surface area (Å²) in [5, 5.41) is 48.7. The monoisotopic (exact) mass is 381 g/mol. The second-order valence-corrected chi connectivity index (χ2v) is 6.50. The predicted molar refractivity (Wildman–Crippen MR) is 78.4 cm³/mol. The van der Waals surface area contributed by atoms with Crippen molar-refractivity contribution >= 4 is 13.5 Å². The van der Waals surface area contributed by atoms with E-state index in [1.165, 1.54) is 12.1 Å². The number of phosphoric ester groups is 1. The van der Waals surface area contributed by atoms with Crippen molar-refractivity contribution in [2.45, 2.75) is 30.7 Å². The van der Waals surface area contributed by atoms with Gasteiger partial charge >= 0.3 is 13.5 Å². The van der Waals surface area contributed by atoms with Crippen LogP contribution in [0.5, 0.6) is 5.75 Å². The Bertz CT molecular complexity index is 670. The number of nitrogens with zero attached hydrogens (tertiary/aromatic N) is 1. The van der Waals surface area contributed by atoms with E-state index >= 15 is 0 Å². The largest absolute Gasteiger partial charge is 0.527 e. The quantitative estimate of drug-likeness (QED) is 0.228. The van der Waals surface area contributed by atoms with Crippen LogP contribution in [0, 0.1) is 10.1 Å². The van der Waals surface area contributed by atoms with Gasteiger partial charge < -0.3 is 29.7 Å². The molecule has 0 aromatic heterocycles. The zero-order valence-electron chi connectivity index (χ0n) is 12.5. The van der Waals surface area contributed by atoms with Crippen molar-refractivity contribution in [3.63, 3.8) is 0 Å². The molecule has 2 rings (SSSR count). The van der Waals surface area contributed by atoms with Crippen molar-refractivity contribution in [3.8, 4) is 5.75 Å². The van der Waals surface area contributed by atoms with E-state index in [2.05, 4.69) is 9.05 Å². The first-order valence-electron chi connectivity index (χ1n) is 6.90. The zero-order chi connectivity index (χ0) is 18.8. The van der Waals surface area contributed by atoms with Gasteiger partial charge in [0.15, 0.2) is 6.29 Å². The lowest BCUT2D eigenvalue weighted by Crippen LogP contribution is -2.58. The van der Waals surface area contributed by atoms with Gasteiger partial charge in [-0.2, -0.15) is 0 Å². The fourth-order valence-electron chi connectivity index (χ4n) is 2.07. The summed E-state index contributed by atoms with van der Waals surface area (Å²) >= 11 is 0. The standard InChI is InChI=1S/C12H16NO11P/c14-9-8(23-12(17)11(16)10(9)15)5-22-25(20,21)24-7-4-2-1-3-6(7)13(18)19/h1-4,8-12,14-17H,5H2,(H,20,21)/t8-,9+,10+,11-,12-/m1/s1. The normalized spacial score (nSPS) is 32.0. The van der Waals surface area contributed by atoms with Gasteiger partial charge in [0.1, 0.15) is 24.4 Å². The van der Waals surface area contributed by atoms with E-state index in [9.17, 15) is 40.0 Å². The van der Waals surface area contributed by atoms with Gasteiger partial charge in [-0.15, -0.1) is 0 Å². The van der Waals surface area contributed by atoms with E-state index in [1.54, 1.807) is 0 Å². The van der Waals surface area contributed by atoms with Gasteiger partial charge in [0.2, 0.25) is 5.75 Å². The fraction of sp³-hybridized carbons (Fsp3) is 0.500. The van der Waals surface area contributed by atoms with Gasteiger partial charge in [-0.3, -0.25) is 19.5 Å². The Kier molecular flexibility index (Phi) is 6.08. The molecule has 1 aliphatic heterocycles. The van der Waals surface area contributed by atoms with E-state index in [0.29, 0.717) is 0 Å². The van der Waals surface area contributed by atoms with Crippen molar-refractivity contribution in [1.29, 1.82) is 0 Å². The molecule has 140 valence electrons. The summed E-state index contributed by atoms with van der Waals surface area (Å²) in [7, 11) is -4.85. The third-order valence-corrected chi connectivity index (χ3v) is 4.27. The number of aliphatic hydroxyl groups is 4. The molecular formula is C12H16NO11P. The highest BCUT2D eigenvalue weighted by molar-refractivity contribution is 7.47. The van der Waals surface area contributed by atoms with Crippen LogP contribution in [0.2, 0.25) is 0 Å². The Balaban J connectivity index is 2.02. The third kappa shape index (κ3) is 4.71. The van der Waals surface area contributed by atoms with Crippen LogP contribution in [-0.2, 0) is 13.8 Å². The number of rotatable bonds is 6. The number of aliphatic hydroxyl groups excluding tert-OH is 4. The molecule has 0 bridgehead atoms. The van der Waals surface area contributed by atoms with E-state index < -0.39 is 61.5 Å². The van der Waals surface area contributed by atoms with Crippen LogP contribution >= 0.6 is 7.82 Å². The molecule has 0 radical (unpaired) electrons. The zero-order valence-corrected chi connectivity index (χ0v) is 13.4. The number of phosphoric acid groups is 1. The number of hydrogen-bond donors (Lipinski definition) is 5. The number of benzene rings is 1. The Morgan fingerprint density at radius 3 is 2.44 bits per heavy atom. The fourth-order valence-corrected chi connectivity index (χ4v) is 2.86. The van der Waals surface area contributed by atoms with E-state index in [-0.39, 0.29) is 0 Å². The van der Waals surface area contributed by atoms with E-state index in [0.717, 1.165) is 12.1 Å². The lowest BCUT2D eigenvalue weighted by molar-refractivity contribution is -0.385. The minimum Gasteiger partial charge on any atom is -0.397 e. The van der Waals surface area contributed by atoms with Crippen LogP contribution in [0.1, 0.15) is 0 Å². The van der Waals surface area contributed by atoms with Crippen LogP contribution in [0.25, 0.3) is 0 Å². The lowest BCUT2D eigenvalue weighted by atomic mass is 10.00. The summed E-state index contributed by atoms with van der Waals surface area (Å²) in [5.74, 6) is -0.515. The molecule has 1 unspecified atom stereocenters. The summed E-state index contributed by atoms with van der Waals surface area (Å²) < 4.78 is 25.9. The maximum atomic E-state index is 11.9. The number of ether oxygens (including phenoxy) is 1. The molecule has 0 saturated carbocycles. The molecule has 1 saturated heterocycles. The summed E-state index contributed by atoms with van der Waals surface area (Å²) in [4.78, 5) is 19.7. The molecule has 1 aromatic carbocycles. The first-order valence-corrected chi connectivity index (χ1v) is 8.40. The van der Waals surface area contributed by atoms with Gasteiger partial charge in [-0.1, -0.05) is 12.1 Å². The summed E-state index contributed by atoms with van der Waals surface area (Å²) in [5.41, 5.74) is -0.566. The molecule has 1 aliphatic rings. The van der Waals surface area contributed by atoms with Crippen LogP contribution < -0.4 is 4.52 Å². The third-order valence-electron chi connectivity index (χ3n) is 3.36. The highest BCUT2D eigenvalue weighted by Crippen LogP contribution is 2.46. The summed E-state index contributed by atoms with van der Waals surface area (Å²) in [6, 6.07) is 4.80. The van der Waals surface area contributed by atoms with Crippen molar-refractivity contribution in [2.24, 2.45) is 0 Å². The van der Waals surface area contributed by atoms with Crippen LogP contribution in [0.3, 0.4) is 0 Å². The first kappa shape index (κ1) is 19.7. The average Bonchev–Trinajstić information content (AvgIpc) is 2.55. The molecular weight excluding hydrogens is 365 g/mol. The van der Waals surface area contributed by atoms with Gasteiger partial charge in [0.25, 0.3) is 0 Å². The van der Waals surface area contributed by atoms with Crippen LogP contribution in [-0.4, -0.2) is 67.6 Å². The highest BCUT2D eigenvalue weighted by atomic mass is 31.2. The summed E-state index contributed by atoms with van der Waals surface area (Å²) in [6.45, 7) is -0.809. The molecule has 0 aliphatic carbocycles. The molecule has 13 heteroatoms. The van der Waals surface area contributed by atoms with Gasteiger partial charge in [0.05, 0.1) is 11.5 Å². The van der Waals surface area contributed by atoms with Gasteiger partial charge in [0, 0.05) is 6.07 Å². The van der Waals surface area contributed by atoms with Crippen LogP contribution in [0.4, 0.5) is 5.69 Å². The van der Waals surface area contributed by atoms with Crippen molar-refractivity contribution in [1.82, 2.24) is 0 Å². The number of para-hydroxylation sites is 2. The molecule has 0 amide bonds. The Morgan fingerprint density at radius 2 is 1.80 bits per heavy atom. The maximum absolute atomic E-state index is 11.9. The molecule has 0 spiro atoms. The van der Waals surface area contributed by atoms with Gasteiger partial charge in [-0.25, -0.2) is 4.57 Å². The van der Waals surface area contributed by atoms with Crippen LogP contribution in [0.15, 0.2) is 24.3 Å². The Labute approximate surface area is 140 Å². The molecule has 1 heterocycles. The second-order valence-electron chi connectivity index (χ2n) is 5.12. The predicted octanol–water partition coefficient (Wildman–Crippen LogP) is -1.11. The van der Waals surface area contributed by atoms with Crippen molar-refractivity contribution in [2.75, 3.05) is 6.61 Å². The lowest BCUT2D eigenvalue weighted by Gasteiger charge is -2.38. The highest BCUT2D eigenvalue weighted by Gasteiger charge is 2.44. The molecule has 6 atom stereocenters. The number of nitro benzene ring substituents is 1. The van der Waals surface area contributed by atoms with E-state index in [4.69, 9.17) is 4.74 Å². The van der Waals surface area contributed by atoms with Crippen molar-refractivity contribution < 1.29 is 48.6 Å². The molecule has 1 fully saturated rings. The topological polar surface area (TPSA) is 189 Å². The van der Waals surface area contributed by atoms with Crippen molar-refractivity contribution in [3.05, 3.63) is 34.4 Å². The minimum atomic E-state index is -4.85. The smallest absolute Gasteiger partial charge is 0.397 e. The molecule has 5 N–H and O–H groups in total. The summed E-state index contributed by atoms with van der Waals surface area (Å²) in [6.07, 6.45) is -8.56. The number of hydrogen-bond acceptors (Lipinski definition) is 10. The van der Waals surface area contributed by atoms with E-state index in [1.807, 2.05) is 0 Å². The minimum absolute atomic E-state index is 0.515. The molecule has 12 nitrogen and oxygen atoms in total. The first-order chi connectivity index (χ1) is 11.6. The van der Waals surface area contributed by atoms with Gasteiger partial charge in [-0.05, 0) is 6.07 Å². The Morgan fingerprint density at radius 1 is 1.16 bits per heavy atom. The average molecular weight is 381 g/mol. The second kappa shape index (κ2) is 7.72. The SMILES string of the molecule is O=[N+]([O-])c1ccccc1OP(=O)(O)OC[C@H]1O[C@@H](O)[C@H](O)[C@@H](O)[C@H]1O. The number of nitro groups is 1. The Hall–Kier alpha value is -1.63. The maximum Gasteiger partial charge on any atom is 0.527 e. The molecule has 1 aromatic rings. The molecule has 25 heavy (non-hydrogen) atoms.